The van der Waals surface area contributed by atoms with Gasteiger partial charge in [0, 0.05) is 19.3 Å². The third-order valence-electron chi connectivity index (χ3n) is 2.35. The number of anilines is 1. The van der Waals surface area contributed by atoms with Crippen molar-refractivity contribution in [3.8, 4) is 0 Å². The molecular formula is C9H11Cl2N3O2S. The Kier molecular flexibility index (Phi) is 4.19. The Morgan fingerprint density at radius 3 is 2.24 bits per heavy atom. The first-order chi connectivity index (χ1) is 8.09. The number of aromatic nitrogens is 2. The highest BCUT2D eigenvalue weighted by Crippen LogP contribution is 2.27. The van der Waals surface area contributed by atoms with E-state index in [1.807, 2.05) is 4.90 Å². The van der Waals surface area contributed by atoms with E-state index >= 15 is 0 Å². The third kappa shape index (κ3) is 2.88. The molecular weight excluding hydrogens is 285 g/mol. The number of nitrogens with zero attached hydrogens (tertiary/aromatic N) is 3. The van der Waals surface area contributed by atoms with Crippen molar-refractivity contribution >= 4 is 39.9 Å². The molecule has 0 spiro atoms. The summed E-state index contributed by atoms with van der Waals surface area (Å²) < 4.78 is 16.6. The van der Waals surface area contributed by atoms with E-state index in [1.165, 1.54) is 6.26 Å². The van der Waals surface area contributed by atoms with Crippen molar-refractivity contribution in [1.82, 2.24) is 9.97 Å². The molecule has 2 heterocycles. The van der Waals surface area contributed by atoms with Crippen molar-refractivity contribution < 1.29 is 8.95 Å². The number of hydrogen-bond acceptors (Lipinski definition) is 5. The fourth-order valence-electron chi connectivity index (χ4n) is 1.53. The van der Waals surface area contributed by atoms with Gasteiger partial charge in [0.2, 0.25) is 5.95 Å². The van der Waals surface area contributed by atoms with Crippen LogP contribution >= 0.6 is 23.2 Å². The highest BCUT2D eigenvalue weighted by atomic mass is 35.5. The van der Waals surface area contributed by atoms with Crippen molar-refractivity contribution in [3.63, 3.8) is 0 Å². The van der Waals surface area contributed by atoms with Crippen LogP contribution in [-0.4, -0.2) is 46.7 Å². The van der Waals surface area contributed by atoms with E-state index in [-0.39, 0.29) is 15.2 Å². The maximum absolute atomic E-state index is 11.4. The van der Waals surface area contributed by atoms with E-state index in [9.17, 15) is 4.21 Å². The van der Waals surface area contributed by atoms with E-state index in [2.05, 4.69) is 9.97 Å². The van der Waals surface area contributed by atoms with Crippen LogP contribution in [0.15, 0.2) is 4.90 Å². The van der Waals surface area contributed by atoms with Gasteiger partial charge in [-0.2, -0.15) is 9.97 Å². The smallest absolute Gasteiger partial charge is 0.228 e. The number of hydrogen-bond donors (Lipinski definition) is 0. The average molecular weight is 296 g/mol. The minimum Gasteiger partial charge on any atom is -0.378 e. The van der Waals surface area contributed by atoms with Crippen molar-refractivity contribution in [2.75, 3.05) is 37.5 Å². The molecule has 0 bridgehead atoms. The zero-order valence-corrected chi connectivity index (χ0v) is 11.5. The molecule has 0 radical (unpaired) electrons. The Balaban J connectivity index is 2.34. The van der Waals surface area contributed by atoms with Gasteiger partial charge in [0.05, 0.1) is 24.0 Å². The molecule has 17 heavy (non-hydrogen) atoms. The van der Waals surface area contributed by atoms with E-state index in [0.717, 1.165) is 0 Å². The normalized spacial score (nSPS) is 18.2. The van der Waals surface area contributed by atoms with Crippen LogP contribution in [0.25, 0.3) is 0 Å². The van der Waals surface area contributed by atoms with Gasteiger partial charge >= 0.3 is 0 Å². The summed E-state index contributed by atoms with van der Waals surface area (Å²) in [5.74, 6) is 0.456. The van der Waals surface area contributed by atoms with Crippen molar-refractivity contribution in [1.29, 1.82) is 0 Å². The summed E-state index contributed by atoms with van der Waals surface area (Å²) in [6.45, 7) is 2.64. The predicted octanol–water partition coefficient (Wildman–Crippen LogP) is 1.36. The highest BCUT2D eigenvalue weighted by Gasteiger charge is 2.19. The Hall–Kier alpha value is -0.430. The molecule has 1 aromatic rings. The highest BCUT2D eigenvalue weighted by molar-refractivity contribution is 7.84. The first-order valence-electron chi connectivity index (χ1n) is 4.98. The molecule has 0 aliphatic carbocycles. The summed E-state index contributed by atoms with van der Waals surface area (Å²) in [4.78, 5) is 10.5. The zero-order chi connectivity index (χ0) is 12.4. The standard InChI is InChI=1S/C9H11Cl2N3O2S/c1-17(15)6-7(10)12-9(13-8(6)11)14-2-4-16-5-3-14/h2-5H2,1H3. The molecule has 0 saturated carbocycles. The van der Waals surface area contributed by atoms with Gasteiger partial charge in [-0.1, -0.05) is 23.2 Å². The molecule has 0 amide bonds. The molecule has 1 aliphatic rings. The second-order valence-corrected chi connectivity index (χ2v) is 5.52. The van der Waals surface area contributed by atoms with E-state index in [0.29, 0.717) is 32.3 Å². The molecule has 8 heteroatoms. The molecule has 2 rings (SSSR count). The zero-order valence-electron chi connectivity index (χ0n) is 9.15. The molecule has 0 N–H and O–H groups in total. The lowest BCUT2D eigenvalue weighted by molar-refractivity contribution is 0.122. The number of ether oxygens (including phenoxy) is 1. The molecule has 1 fully saturated rings. The lowest BCUT2D eigenvalue weighted by Crippen LogP contribution is -2.37. The molecule has 5 nitrogen and oxygen atoms in total. The van der Waals surface area contributed by atoms with Crippen LogP contribution in [0, 0.1) is 0 Å². The Labute approximate surface area is 112 Å². The number of halogens is 2. The van der Waals surface area contributed by atoms with Gasteiger partial charge in [-0.05, 0) is 0 Å². The summed E-state index contributed by atoms with van der Waals surface area (Å²) in [7, 11) is -1.30. The first-order valence-corrected chi connectivity index (χ1v) is 7.30. The molecule has 1 atom stereocenters. The predicted molar refractivity (Wildman–Crippen MR) is 67.4 cm³/mol. The van der Waals surface area contributed by atoms with E-state index < -0.39 is 10.8 Å². The maximum atomic E-state index is 11.4. The second kappa shape index (κ2) is 5.48. The van der Waals surface area contributed by atoms with Crippen LogP contribution in [0.5, 0.6) is 0 Å². The minimum absolute atomic E-state index is 0.146. The van der Waals surface area contributed by atoms with E-state index in [1.54, 1.807) is 0 Å². The van der Waals surface area contributed by atoms with Gasteiger partial charge in [0.15, 0.2) is 10.3 Å². The van der Waals surface area contributed by atoms with Crippen LogP contribution in [0.1, 0.15) is 0 Å². The van der Waals surface area contributed by atoms with Gasteiger partial charge in [-0.3, -0.25) is 4.21 Å². The molecule has 1 aliphatic heterocycles. The van der Waals surface area contributed by atoms with Crippen molar-refractivity contribution in [3.05, 3.63) is 10.3 Å². The molecule has 94 valence electrons. The van der Waals surface area contributed by atoms with Gasteiger partial charge < -0.3 is 9.64 Å². The molecule has 0 aromatic carbocycles. The van der Waals surface area contributed by atoms with Crippen molar-refractivity contribution in [2.45, 2.75) is 4.90 Å². The topological polar surface area (TPSA) is 55.3 Å². The van der Waals surface area contributed by atoms with Crippen LogP contribution < -0.4 is 4.90 Å². The molecule has 1 saturated heterocycles. The van der Waals surface area contributed by atoms with Gasteiger partial charge in [-0.15, -0.1) is 0 Å². The van der Waals surface area contributed by atoms with Gasteiger partial charge in [0.25, 0.3) is 0 Å². The summed E-state index contributed by atoms with van der Waals surface area (Å²) in [5, 5.41) is 0.291. The molecule has 1 unspecified atom stereocenters. The van der Waals surface area contributed by atoms with Crippen LogP contribution in [-0.2, 0) is 15.5 Å². The van der Waals surface area contributed by atoms with E-state index in [4.69, 9.17) is 27.9 Å². The number of morpholine rings is 1. The fraction of sp³-hybridized carbons (Fsp3) is 0.556. The number of rotatable bonds is 2. The summed E-state index contributed by atoms with van der Waals surface area (Å²) in [6, 6.07) is 0. The minimum atomic E-state index is -1.30. The lowest BCUT2D eigenvalue weighted by atomic mass is 10.4. The SMILES string of the molecule is CS(=O)c1c(Cl)nc(N2CCOCC2)nc1Cl. The fourth-order valence-corrected chi connectivity index (χ4v) is 3.13. The first kappa shape index (κ1) is 13.0. The summed E-state index contributed by atoms with van der Waals surface area (Å²) in [5.41, 5.74) is 0. The Bertz CT molecular complexity index is 429. The maximum Gasteiger partial charge on any atom is 0.228 e. The summed E-state index contributed by atoms with van der Waals surface area (Å²) >= 11 is 11.9. The Morgan fingerprint density at radius 1 is 1.24 bits per heavy atom. The van der Waals surface area contributed by atoms with Crippen molar-refractivity contribution in [2.24, 2.45) is 0 Å². The second-order valence-electron chi connectivity index (χ2n) is 3.49. The molecule has 1 aromatic heterocycles. The van der Waals surface area contributed by atoms with Crippen LogP contribution in [0.3, 0.4) is 0 Å². The van der Waals surface area contributed by atoms with Gasteiger partial charge in [0.1, 0.15) is 4.90 Å². The summed E-state index contributed by atoms with van der Waals surface area (Å²) in [6.07, 6.45) is 1.49. The average Bonchev–Trinajstić information content (AvgIpc) is 2.28. The third-order valence-corrected chi connectivity index (χ3v) is 4.09. The Morgan fingerprint density at radius 2 is 1.76 bits per heavy atom. The monoisotopic (exact) mass is 295 g/mol. The largest absolute Gasteiger partial charge is 0.378 e. The van der Waals surface area contributed by atoms with Gasteiger partial charge in [-0.25, -0.2) is 0 Å². The lowest BCUT2D eigenvalue weighted by Gasteiger charge is -2.27. The van der Waals surface area contributed by atoms with Crippen LogP contribution in [0.2, 0.25) is 10.3 Å². The van der Waals surface area contributed by atoms with Crippen LogP contribution in [0.4, 0.5) is 5.95 Å². The quantitative estimate of drug-likeness (QED) is 0.771.